The topological polar surface area (TPSA) is 57.5 Å². The Morgan fingerprint density at radius 1 is 1.14 bits per heavy atom. The van der Waals surface area contributed by atoms with Crippen molar-refractivity contribution in [1.82, 2.24) is 14.8 Å². The number of hydrogen-bond acceptors (Lipinski definition) is 2. The number of halogens is 2. The summed E-state index contributed by atoms with van der Waals surface area (Å²) >= 11 is 0. The predicted molar refractivity (Wildman–Crippen MR) is 133 cm³/mol. The summed E-state index contributed by atoms with van der Waals surface area (Å²) in [5.41, 5.74) is 2.76. The van der Waals surface area contributed by atoms with Crippen LogP contribution in [0.15, 0.2) is 60.8 Å². The van der Waals surface area contributed by atoms with Crippen molar-refractivity contribution in [2.24, 2.45) is 11.3 Å². The Kier molecular flexibility index (Phi) is 7.26. The first-order chi connectivity index (χ1) is 16.6. The van der Waals surface area contributed by atoms with Crippen molar-refractivity contribution in [1.29, 1.82) is 0 Å². The van der Waals surface area contributed by atoms with Gasteiger partial charge in [0.1, 0.15) is 11.6 Å². The zero-order valence-electron chi connectivity index (χ0n) is 20.5. The van der Waals surface area contributed by atoms with Crippen LogP contribution in [0.4, 0.5) is 13.6 Å². The molecule has 2 heterocycles. The molecular weight excluding hydrogens is 448 g/mol. The second kappa shape index (κ2) is 10.2. The van der Waals surface area contributed by atoms with Crippen LogP contribution in [0.3, 0.4) is 0 Å². The van der Waals surface area contributed by atoms with Gasteiger partial charge in [-0.2, -0.15) is 0 Å². The molecule has 1 aromatic heterocycles. The molecule has 1 aliphatic heterocycles. The Morgan fingerprint density at radius 3 is 2.54 bits per heavy atom. The molecule has 186 valence electrons. The molecule has 1 fully saturated rings. The second-order valence-electron chi connectivity index (χ2n) is 10.5. The van der Waals surface area contributed by atoms with E-state index in [2.05, 4.69) is 30.7 Å². The van der Waals surface area contributed by atoms with E-state index in [0.717, 1.165) is 29.8 Å². The van der Waals surface area contributed by atoms with Crippen molar-refractivity contribution in [2.45, 2.75) is 39.8 Å². The summed E-state index contributed by atoms with van der Waals surface area (Å²) in [4.78, 5) is 12.8. The van der Waals surface area contributed by atoms with Crippen molar-refractivity contribution in [2.75, 3.05) is 19.6 Å². The quantitative estimate of drug-likeness (QED) is 0.425. The van der Waals surface area contributed by atoms with E-state index in [9.17, 15) is 18.7 Å². The van der Waals surface area contributed by atoms with Crippen molar-refractivity contribution in [3.8, 4) is 11.1 Å². The summed E-state index contributed by atoms with van der Waals surface area (Å²) < 4.78 is 30.8. The van der Waals surface area contributed by atoms with E-state index in [0.29, 0.717) is 31.7 Å². The Bertz CT molecular complexity index is 1170. The maximum absolute atomic E-state index is 14.7. The average Bonchev–Trinajstić information content (AvgIpc) is 3.43. The van der Waals surface area contributed by atoms with Crippen LogP contribution in [0.5, 0.6) is 0 Å². The molecule has 4 rings (SSSR count). The van der Waals surface area contributed by atoms with Gasteiger partial charge in [0, 0.05) is 49.2 Å². The summed E-state index contributed by atoms with van der Waals surface area (Å²) in [7, 11) is 0. The fraction of sp³-hybridized carbons (Fsp3) is 0.393. The lowest BCUT2D eigenvalue weighted by Crippen LogP contribution is -2.37. The molecule has 0 saturated carbocycles. The number of likely N-dealkylation sites (tertiary alicyclic amines) is 1. The molecule has 1 aliphatic rings. The molecule has 3 aromatic rings. The number of hydrogen-bond donors (Lipinski definition) is 2. The number of amides is 1. The predicted octanol–water partition coefficient (Wildman–Crippen LogP) is 6.16. The highest BCUT2D eigenvalue weighted by molar-refractivity contribution is 5.65. The van der Waals surface area contributed by atoms with Gasteiger partial charge in [-0.15, -0.1) is 0 Å². The minimum atomic E-state index is -0.877. The number of carboxylic acid groups (broad SMARTS) is 1. The van der Waals surface area contributed by atoms with Gasteiger partial charge in [-0.1, -0.05) is 51.1 Å². The van der Waals surface area contributed by atoms with Gasteiger partial charge in [0.05, 0.1) is 6.04 Å². The second-order valence-corrected chi connectivity index (χ2v) is 10.5. The maximum atomic E-state index is 14.7. The number of rotatable bonds is 7. The lowest BCUT2D eigenvalue weighted by Gasteiger charge is -2.33. The first-order valence-electron chi connectivity index (χ1n) is 12.0. The molecule has 7 heteroatoms. The van der Waals surface area contributed by atoms with Crippen LogP contribution < -0.4 is 5.32 Å². The highest BCUT2D eigenvalue weighted by Crippen LogP contribution is 2.37. The Balaban J connectivity index is 1.68. The van der Waals surface area contributed by atoms with Crippen LogP contribution in [0.25, 0.3) is 11.1 Å². The number of nitrogens with one attached hydrogen (secondary N) is 1. The zero-order chi connectivity index (χ0) is 25.2. The molecule has 0 bridgehead atoms. The van der Waals surface area contributed by atoms with Crippen LogP contribution in [0.2, 0.25) is 0 Å². The van der Waals surface area contributed by atoms with E-state index < -0.39 is 17.7 Å². The fourth-order valence-corrected chi connectivity index (χ4v) is 4.87. The fourth-order valence-electron chi connectivity index (χ4n) is 4.87. The minimum absolute atomic E-state index is 0.0875. The summed E-state index contributed by atoms with van der Waals surface area (Å²) in [5, 5.41) is 13.0. The Labute approximate surface area is 205 Å². The van der Waals surface area contributed by atoms with Gasteiger partial charge in [0.25, 0.3) is 0 Å². The summed E-state index contributed by atoms with van der Waals surface area (Å²) in [6.45, 7) is 8.77. The van der Waals surface area contributed by atoms with E-state index in [4.69, 9.17) is 0 Å². The molecular formula is C28H33F2N3O2. The lowest BCUT2D eigenvalue weighted by atomic mass is 9.84. The van der Waals surface area contributed by atoms with E-state index in [1.165, 1.54) is 11.0 Å². The molecule has 35 heavy (non-hydrogen) atoms. The molecule has 0 spiro atoms. The van der Waals surface area contributed by atoms with Crippen LogP contribution in [-0.4, -0.2) is 40.3 Å². The molecule has 1 unspecified atom stereocenters. The van der Waals surface area contributed by atoms with Crippen LogP contribution in [0, 0.1) is 23.0 Å². The van der Waals surface area contributed by atoms with Gasteiger partial charge in [-0.25, -0.2) is 13.6 Å². The van der Waals surface area contributed by atoms with E-state index in [-0.39, 0.29) is 22.9 Å². The van der Waals surface area contributed by atoms with Gasteiger partial charge >= 0.3 is 6.09 Å². The van der Waals surface area contributed by atoms with Gasteiger partial charge in [0.2, 0.25) is 0 Å². The van der Waals surface area contributed by atoms with E-state index in [1.54, 1.807) is 0 Å². The molecule has 2 aromatic carbocycles. The third-order valence-electron chi connectivity index (χ3n) is 6.69. The SMILES string of the molecule is CC(C)(C)C(NC[C@H]1CCN(C(=O)O)C1)c1cc(-c2cc(F)ccc2F)cn1Cc1ccccc1. The van der Waals surface area contributed by atoms with Crippen LogP contribution in [0.1, 0.15) is 44.5 Å². The highest BCUT2D eigenvalue weighted by Gasteiger charge is 2.32. The van der Waals surface area contributed by atoms with Crippen LogP contribution in [-0.2, 0) is 6.54 Å². The van der Waals surface area contributed by atoms with Crippen molar-refractivity contribution >= 4 is 6.09 Å². The number of aromatic nitrogens is 1. The monoisotopic (exact) mass is 481 g/mol. The van der Waals surface area contributed by atoms with Gasteiger partial charge in [0.15, 0.2) is 0 Å². The average molecular weight is 482 g/mol. The zero-order valence-corrected chi connectivity index (χ0v) is 20.5. The normalized spacial score (nSPS) is 17.1. The number of benzene rings is 2. The van der Waals surface area contributed by atoms with Gasteiger partial charge < -0.3 is 19.9 Å². The third-order valence-corrected chi connectivity index (χ3v) is 6.69. The van der Waals surface area contributed by atoms with Gasteiger partial charge in [-0.3, -0.25) is 0 Å². The first-order valence-corrected chi connectivity index (χ1v) is 12.0. The first kappa shape index (κ1) is 24.9. The highest BCUT2D eigenvalue weighted by atomic mass is 19.1. The molecule has 1 amide bonds. The summed E-state index contributed by atoms with van der Waals surface area (Å²) in [5.74, 6) is -0.711. The largest absolute Gasteiger partial charge is 0.465 e. The van der Waals surface area contributed by atoms with Gasteiger partial charge in [-0.05, 0) is 47.6 Å². The maximum Gasteiger partial charge on any atom is 0.407 e. The van der Waals surface area contributed by atoms with Crippen LogP contribution >= 0.6 is 0 Å². The number of nitrogens with zero attached hydrogens (tertiary/aromatic N) is 2. The lowest BCUT2D eigenvalue weighted by molar-refractivity contribution is 0.153. The van der Waals surface area contributed by atoms with E-state index in [1.807, 2.05) is 42.6 Å². The number of carbonyl (C=O) groups is 1. The Morgan fingerprint density at radius 2 is 1.89 bits per heavy atom. The molecule has 1 saturated heterocycles. The van der Waals surface area contributed by atoms with Crippen molar-refractivity contribution < 1.29 is 18.7 Å². The molecule has 2 N–H and O–H groups in total. The third kappa shape index (κ3) is 5.90. The molecule has 0 radical (unpaired) electrons. The molecule has 0 aliphatic carbocycles. The summed E-state index contributed by atoms with van der Waals surface area (Å²) in [6.07, 6.45) is 1.84. The molecule has 5 nitrogen and oxygen atoms in total. The standard InChI is InChI=1S/C28H33F2N3O2/c1-28(2,3)26(31-15-20-11-12-32(17-20)27(34)35)25-13-21(23-14-22(29)9-10-24(23)30)18-33(25)16-19-7-5-4-6-8-19/h4-10,13-14,18,20,26,31H,11-12,15-17H2,1-3H3,(H,34,35)/t20-,26?/m1/s1. The van der Waals surface area contributed by atoms with Crippen molar-refractivity contribution in [3.05, 3.63) is 83.7 Å². The van der Waals surface area contributed by atoms with E-state index >= 15 is 0 Å². The minimum Gasteiger partial charge on any atom is -0.465 e. The smallest absolute Gasteiger partial charge is 0.407 e. The Hall–Kier alpha value is -3.19. The summed E-state index contributed by atoms with van der Waals surface area (Å²) in [6, 6.07) is 15.4. The van der Waals surface area contributed by atoms with Crippen molar-refractivity contribution in [3.63, 3.8) is 0 Å². The molecule has 2 atom stereocenters.